The standard InChI is InChI=1S/C18H22N2O4S/c1-5-24-12-8-6-11(7-9-12)15-13(10-14(21)22)25-17(19-15)20-16(23)18(2,3)4/h6-9H,5,10H2,1-4H3,(H,21,22)(H,19,20,23). The molecule has 0 fully saturated rings. The summed E-state index contributed by atoms with van der Waals surface area (Å²) in [5.74, 6) is -0.367. The van der Waals surface area contributed by atoms with E-state index in [-0.39, 0.29) is 12.3 Å². The predicted octanol–water partition coefficient (Wildman–Crippen LogP) is 3.82. The zero-order chi connectivity index (χ0) is 18.6. The first-order chi connectivity index (χ1) is 11.7. The molecule has 1 amide bonds. The predicted molar refractivity (Wildman–Crippen MR) is 98.1 cm³/mol. The van der Waals surface area contributed by atoms with Gasteiger partial charge in [-0.15, -0.1) is 11.3 Å². The van der Waals surface area contributed by atoms with Gasteiger partial charge in [0.2, 0.25) is 5.91 Å². The van der Waals surface area contributed by atoms with E-state index in [4.69, 9.17) is 9.84 Å². The molecule has 7 heteroatoms. The number of benzene rings is 1. The molecule has 6 nitrogen and oxygen atoms in total. The third-order valence-electron chi connectivity index (χ3n) is 3.35. The number of anilines is 1. The van der Waals surface area contributed by atoms with Crippen LogP contribution in [0.1, 0.15) is 32.6 Å². The molecule has 0 aliphatic rings. The molecule has 25 heavy (non-hydrogen) atoms. The van der Waals surface area contributed by atoms with E-state index < -0.39 is 11.4 Å². The molecule has 1 aromatic carbocycles. The van der Waals surface area contributed by atoms with Crippen molar-refractivity contribution in [2.24, 2.45) is 5.41 Å². The zero-order valence-electron chi connectivity index (χ0n) is 14.8. The highest BCUT2D eigenvalue weighted by Crippen LogP contribution is 2.33. The van der Waals surface area contributed by atoms with Crippen molar-refractivity contribution in [2.45, 2.75) is 34.1 Å². The summed E-state index contributed by atoms with van der Waals surface area (Å²) in [5, 5.41) is 12.3. The topological polar surface area (TPSA) is 88.5 Å². The van der Waals surface area contributed by atoms with Crippen LogP contribution in [0, 0.1) is 5.41 Å². The number of nitrogens with zero attached hydrogens (tertiary/aromatic N) is 1. The van der Waals surface area contributed by atoms with Gasteiger partial charge < -0.3 is 15.2 Å². The Bertz CT molecular complexity index is 760. The first kappa shape index (κ1) is 18.9. The highest BCUT2D eigenvalue weighted by Gasteiger charge is 2.24. The normalized spacial score (nSPS) is 11.2. The van der Waals surface area contributed by atoms with Crippen LogP contribution >= 0.6 is 11.3 Å². The van der Waals surface area contributed by atoms with E-state index in [9.17, 15) is 9.59 Å². The molecular weight excluding hydrogens is 340 g/mol. The lowest BCUT2D eigenvalue weighted by atomic mass is 9.96. The van der Waals surface area contributed by atoms with Gasteiger partial charge in [-0.25, -0.2) is 4.98 Å². The largest absolute Gasteiger partial charge is 0.494 e. The Morgan fingerprint density at radius 1 is 1.24 bits per heavy atom. The molecule has 0 saturated heterocycles. The summed E-state index contributed by atoms with van der Waals surface area (Å²) in [6, 6.07) is 7.30. The Morgan fingerprint density at radius 2 is 1.88 bits per heavy atom. The van der Waals surface area contributed by atoms with E-state index >= 15 is 0 Å². The minimum Gasteiger partial charge on any atom is -0.494 e. The maximum absolute atomic E-state index is 12.2. The number of amides is 1. The highest BCUT2D eigenvalue weighted by molar-refractivity contribution is 7.16. The van der Waals surface area contributed by atoms with E-state index in [0.717, 1.165) is 11.3 Å². The van der Waals surface area contributed by atoms with Crippen molar-refractivity contribution >= 4 is 28.3 Å². The number of carbonyl (C=O) groups excluding carboxylic acids is 1. The van der Waals surface area contributed by atoms with Gasteiger partial charge in [0.15, 0.2) is 5.13 Å². The second kappa shape index (κ2) is 7.65. The number of hydrogen-bond donors (Lipinski definition) is 2. The Labute approximate surface area is 150 Å². The fourth-order valence-corrected chi connectivity index (χ4v) is 3.02. The third kappa shape index (κ3) is 5.03. The molecular formula is C18H22N2O4S. The van der Waals surface area contributed by atoms with E-state index in [1.165, 1.54) is 11.3 Å². The van der Waals surface area contributed by atoms with E-state index in [2.05, 4.69) is 10.3 Å². The van der Waals surface area contributed by atoms with Gasteiger partial charge in [-0.1, -0.05) is 20.8 Å². The molecule has 0 saturated carbocycles. The average Bonchev–Trinajstić information content (AvgIpc) is 2.89. The molecule has 0 atom stereocenters. The molecule has 0 spiro atoms. The lowest BCUT2D eigenvalue weighted by Crippen LogP contribution is -2.27. The second-order valence-corrected chi connectivity index (χ2v) is 7.61. The minimum atomic E-state index is -0.940. The van der Waals surface area contributed by atoms with Gasteiger partial charge in [-0.3, -0.25) is 9.59 Å². The van der Waals surface area contributed by atoms with Crippen molar-refractivity contribution < 1.29 is 19.4 Å². The van der Waals surface area contributed by atoms with Crippen molar-refractivity contribution in [1.82, 2.24) is 4.98 Å². The van der Waals surface area contributed by atoms with Crippen molar-refractivity contribution in [3.05, 3.63) is 29.1 Å². The van der Waals surface area contributed by atoms with Crippen molar-refractivity contribution in [1.29, 1.82) is 0 Å². The first-order valence-electron chi connectivity index (χ1n) is 7.97. The number of carbonyl (C=O) groups is 2. The van der Waals surface area contributed by atoms with Crippen LogP contribution in [0.4, 0.5) is 5.13 Å². The van der Waals surface area contributed by atoms with Crippen LogP contribution < -0.4 is 10.1 Å². The summed E-state index contributed by atoms with van der Waals surface area (Å²) in [5.41, 5.74) is 0.796. The Hall–Kier alpha value is -2.41. The Balaban J connectivity index is 2.34. The number of ether oxygens (including phenoxy) is 1. The molecule has 0 aliphatic heterocycles. The number of rotatable bonds is 6. The van der Waals surface area contributed by atoms with Gasteiger partial charge in [0.05, 0.1) is 18.7 Å². The van der Waals surface area contributed by atoms with Crippen LogP contribution in [0.15, 0.2) is 24.3 Å². The molecule has 2 aromatic rings. The van der Waals surface area contributed by atoms with Gasteiger partial charge in [0, 0.05) is 15.9 Å². The number of carboxylic acid groups (broad SMARTS) is 1. The lowest BCUT2D eigenvalue weighted by molar-refractivity contribution is -0.136. The molecule has 1 aromatic heterocycles. The van der Waals surface area contributed by atoms with E-state index in [1.807, 2.05) is 52.0 Å². The molecule has 134 valence electrons. The fourth-order valence-electron chi connectivity index (χ4n) is 2.05. The maximum atomic E-state index is 12.2. The van der Waals surface area contributed by atoms with Crippen LogP contribution in [-0.4, -0.2) is 28.6 Å². The van der Waals surface area contributed by atoms with Crippen molar-refractivity contribution in [2.75, 3.05) is 11.9 Å². The summed E-state index contributed by atoms with van der Waals surface area (Å²) in [6.45, 7) is 7.90. The Kier molecular flexibility index (Phi) is 5.79. The van der Waals surface area contributed by atoms with Crippen LogP contribution in [0.2, 0.25) is 0 Å². The minimum absolute atomic E-state index is 0.147. The SMILES string of the molecule is CCOc1ccc(-c2nc(NC(=O)C(C)(C)C)sc2CC(=O)O)cc1. The van der Waals surface area contributed by atoms with Gasteiger partial charge >= 0.3 is 5.97 Å². The van der Waals surface area contributed by atoms with Crippen LogP contribution in [-0.2, 0) is 16.0 Å². The fraction of sp³-hybridized carbons (Fsp3) is 0.389. The van der Waals surface area contributed by atoms with Crippen LogP contribution in [0.3, 0.4) is 0 Å². The smallest absolute Gasteiger partial charge is 0.308 e. The second-order valence-electron chi connectivity index (χ2n) is 6.52. The summed E-state index contributed by atoms with van der Waals surface area (Å²) >= 11 is 1.19. The van der Waals surface area contributed by atoms with Crippen molar-refractivity contribution in [3.63, 3.8) is 0 Å². The van der Waals surface area contributed by atoms with Crippen LogP contribution in [0.25, 0.3) is 11.3 Å². The number of nitrogens with one attached hydrogen (secondary N) is 1. The molecule has 0 aliphatic carbocycles. The summed E-state index contributed by atoms with van der Waals surface area (Å²) in [7, 11) is 0. The summed E-state index contributed by atoms with van der Waals surface area (Å²) in [4.78, 5) is 28.3. The first-order valence-corrected chi connectivity index (χ1v) is 8.78. The summed E-state index contributed by atoms with van der Waals surface area (Å²) in [6.07, 6.45) is -0.147. The molecule has 0 unspecified atom stereocenters. The monoisotopic (exact) mass is 362 g/mol. The number of carboxylic acids is 1. The maximum Gasteiger partial charge on any atom is 0.308 e. The van der Waals surface area contributed by atoms with E-state index in [0.29, 0.717) is 22.3 Å². The van der Waals surface area contributed by atoms with Gasteiger partial charge in [0.1, 0.15) is 5.75 Å². The highest BCUT2D eigenvalue weighted by atomic mass is 32.1. The van der Waals surface area contributed by atoms with Gasteiger partial charge in [-0.2, -0.15) is 0 Å². The number of aromatic nitrogens is 1. The van der Waals surface area contributed by atoms with E-state index in [1.54, 1.807) is 0 Å². The quantitative estimate of drug-likeness (QED) is 0.815. The Morgan fingerprint density at radius 3 is 2.40 bits per heavy atom. The van der Waals surface area contributed by atoms with Crippen molar-refractivity contribution in [3.8, 4) is 17.0 Å². The number of thiazole rings is 1. The number of hydrogen-bond acceptors (Lipinski definition) is 5. The third-order valence-corrected chi connectivity index (χ3v) is 4.32. The van der Waals surface area contributed by atoms with Crippen LogP contribution in [0.5, 0.6) is 5.75 Å². The lowest BCUT2D eigenvalue weighted by Gasteiger charge is -2.15. The average molecular weight is 362 g/mol. The molecule has 0 radical (unpaired) electrons. The molecule has 0 bridgehead atoms. The molecule has 2 rings (SSSR count). The van der Waals surface area contributed by atoms with Gasteiger partial charge in [0.25, 0.3) is 0 Å². The molecule has 2 N–H and O–H groups in total. The summed E-state index contributed by atoms with van der Waals surface area (Å²) < 4.78 is 5.42. The van der Waals surface area contributed by atoms with Gasteiger partial charge in [-0.05, 0) is 31.2 Å². The zero-order valence-corrected chi connectivity index (χ0v) is 15.6. The number of aliphatic carboxylic acids is 1. The molecule has 1 heterocycles.